The molecular weight excluding hydrogens is 408 g/mol. The van der Waals surface area contributed by atoms with Crippen LogP contribution in [0.25, 0.3) is 0 Å². The van der Waals surface area contributed by atoms with Crippen molar-refractivity contribution in [2.45, 2.75) is 65.4 Å². The lowest BCUT2D eigenvalue weighted by Crippen LogP contribution is -2.45. The third kappa shape index (κ3) is 5.72. The second kappa shape index (κ2) is 9.77. The molecule has 1 heterocycles. The molecule has 0 bridgehead atoms. The summed E-state index contributed by atoms with van der Waals surface area (Å²) in [5, 5.41) is 20.7. The van der Waals surface area contributed by atoms with Crippen LogP contribution in [0.3, 0.4) is 0 Å². The van der Waals surface area contributed by atoms with Crippen LogP contribution in [-0.2, 0) is 10.5 Å². The maximum absolute atomic E-state index is 12.2. The van der Waals surface area contributed by atoms with Crippen LogP contribution >= 0.6 is 34.9 Å². The fourth-order valence-electron chi connectivity index (χ4n) is 3.13. The molecule has 1 N–H and O–H groups in total. The zero-order valence-corrected chi connectivity index (χ0v) is 18.6. The highest BCUT2D eigenvalue weighted by atomic mass is 32.2. The van der Waals surface area contributed by atoms with Crippen LogP contribution in [0.2, 0.25) is 0 Å². The van der Waals surface area contributed by atoms with Gasteiger partial charge in [-0.05, 0) is 42.7 Å². The Morgan fingerprint density at radius 3 is 2.46 bits per heavy atom. The van der Waals surface area contributed by atoms with Crippen LogP contribution < -0.4 is 5.32 Å². The molecular formula is C20H24N4OS3. The second-order valence-electron chi connectivity index (χ2n) is 7.26. The molecule has 1 aromatic heterocycles. The van der Waals surface area contributed by atoms with Crippen molar-refractivity contribution in [1.29, 1.82) is 5.26 Å². The van der Waals surface area contributed by atoms with Gasteiger partial charge < -0.3 is 5.32 Å². The number of aromatic nitrogens is 2. The number of thioether (sulfide) groups is 2. The Morgan fingerprint density at radius 2 is 1.86 bits per heavy atom. The Labute approximate surface area is 178 Å². The summed E-state index contributed by atoms with van der Waals surface area (Å²) < 4.78 is 1.69. The molecule has 8 heteroatoms. The fourth-order valence-corrected chi connectivity index (χ4v) is 5.91. The smallest absolute Gasteiger partial charge is 0.231 e. The summed E-state index contributed by atoms with van der Waals surface area (Å²) in [6.45, 7) is 4.39. The summed E-state index contributed by atoms with van der Waals surface area (Å²) in [5.41, 5.74) is 1.94. The van der Waals surface area contributed by atoms with Crippen LogP contribution in [0.15, 0.2) is 32.9 Å². The number of carbonyl (C=O) groups excluding carboxylic acids is 1. The summed E-state index contributed by atoms with van der Waals surface area (Å²) in [4.78, 5) is 12.2. The summed E-state index contributed by atoms with van der Waals surface area (Å²) >= 11 is 4.55. The molecule has 148 valence electrons. The molecule has 1 aliphatic rings. The molecule has 0 saturated heterocycles. The van der Waals surface area contributed by atoms with Crippen molar-refractivity contribution >= 4 is 40.8 Å². The van der Waals surface area contributed by atoms with E-state index < -0.39 is 5.54 Å². The minimum absolute atomic E-state index is 0.108. The zero-order valence-electron chi connectivity index (χ0n) is 16.1. The van der Waals surface area contributed by atoms with Crippen molar-refractivity contribution in [3.63, 3.8) is 0 Å². The SMILES string of the molecule is CC(C)c1ccc(CSc2nnc(SCC(=O)NC3(C#N)CCCC3)s2)cc1. The minimum atomic E-state index is -0.662. The van der Waals surface area contributed by atoms with E-state index in [9.17, 15) is 10.1 Å². The average Bonchev–Trinajstić information content (AvgIpc) is 3.35. The van der Waals surface area contributed by atoms with Gasteiger partial charge in [-0.3, -0.25) is 4.79 Å². The van der Waals surface area contributed by atoms with E-state index >= 15 is 0 Å². The largest absolute Gasteiger partial charge is 0.337 e. The highest BCUT2D eigenvalue weighted by molar-refractivity contribution is 8.03. The standard InChI is InChI=1S/C20H24N4OS3/c1-14(2)16-7-5-15(6-8-16)11-26-18-23-24-19(28-18)27-12-17(25)22-20(13-21)9-3-4-10-20/h5-8,14H,3-4,9-12H2,1-2H3,(H,22,25). The zero-order chi connectivity index (χ0) is 20.0. The third-order valence-electron chi connectivity index (χ3n) is 4.77. The van der Waals surface area contributed by atoms with Crippen molar-refractivity contribution < 1.29 is 4.79 Å². The Balaban J connectivity index is 1.45. The summed E-state index contributed by atoms with van der Waals surface area (Å²) in [6, 6.07) is 11.0. The number of hydrogen-bond acceptors (Lipinski definition) is 7. The summed E-state index contributed by atoms with van der Waals surface area (Å²) in [6.07, 6.45) is 3.49. The Bertz CT molecular complexity index is 836. The van der Waals surface area contributed by atoms with Gasteiger partial charge >= 0.3 is 0 Å². The van der Waals surface area contributed by atoms with Gasteiger partial charge in [-0.1, -0.05) is 73.0 Å². The number of nitrogens with zero attached hydrogens (tertiary/aromatic N) is 3. The van der Waals surface area contributed by atoms with E-state index in [0.29, 0.717) is 5.92 Å². The number of carbonyl (C=O) groups is 1. The van der Waals surface area contributed by atoms with Crippen LogP contribution in [0.1, 0.15) is 56.6 Å². The van der Waals surface area contributed by atoms with E-state index in [-0.39, 0.29) is 11.7 Å². The van der Waals surface area contributed by atoms with Gasteiger partial charge in [-0.15, -0.1) is 10.2 Å². The predicted octanol–water partition coefficient (Wildman–Crippen LogP) is 5.00. The Hall–Kier alpha value is -1.56. The summed E-state index contributed by atoms with van der Waals surface area (Å²) in [5.74, 6) is 1.55. The fraction of sp³-hybridized carbons (Fsp3) is 0.500. The van der Waals surface area contributed by atoms with Crippen LogP contribution in [0.5, 0.6) is 0 Å². The van der Waals surface area contributed by atoms with Crippen molar-refractivity contribution in [3.05, 3.63) is 35.4 Å². The molecule has 0 aliphatic heterocycles. The molecule has 0 spiro atoms. The quantitative estimate of drug-likeness (QED) is 0.592. The molecule has 1 aromatic carbocycles. The maximum Gasteiger partial charge on any atom is 0.231 e. The van der Waals surface area contributed by atoms with Crippen molar-refractivity contribution in [1.82, 2.24) is 15.5 Å². The van der Waals surface area contributed by atoms with Gasteiger partial charge in [0.15, 0.2) is 8.68 Å². The lowest BCUT2D eigenvalue weighted by molar-refractivity contribution is -0.119. The van der Waals surface area contributed by atoms with Crippen molar-refractivity contribution in [3.8, 4) is 6.07 Å². The number of nitrogens with one attached hydrogen (secondary N) is 1. The summed E-state index contributed by atoms with van der Waals surface area (Å²) in [7, 11) is 0. The molecule has 5 nitrogen and oxygen atoms in total. The van der Waals surface area contributed by atoms with Crippen LogP contribution in [-0.4, -0.2) is 27.4 Å². The van der Waals surface area contributed by atoms with Gasteiger partial charge in [-0.2, -0.15) is 5.26 Å². The molecule has 0 unspecified atom stereocenters. The van der Waals surface area contributed by atoms with E-state index in [0.717, 1.165) is 40.1 Å². The first kappa shape index (κ1) is 21.2. The molecule has 1 aliphatic carbocycles. The van der Waals surface area contributed by atoms with Crippen LogP contribution in [0, 0.1) is 11.3 Å². The first-order chi connectivity index (χ1) is 13.5. The predicted molar refractivity (Wildman–Crippen MR) is 116 cm³/mol. The van der Waals surface area contributed by atoms with Crippen molar-refractivity contribution in [2.24, 2.45) is 0 Å². The Morgan fingerprint density at radius 1 is 1.21 bits per heavy atom. The highest BCUT2D eigenvalue weighted by Gasteiger charge is 2.35. The molecule has 28 heavy (non-hydrogen) atoms. The Kier molecular flexibility index (Phi) is 7.38. The van der Waals surface area contributed by atoms with E-state index in [4.69, 9.17) is 0 Å². The third-order valence-corrected chi connectivity index (χ3v) is 8.03. The van der Waals surface area contributed by atoms with E-state index in [1.807, 2.05) is 0 Å². The number of amides is 1. The van der Waals surface area contributed by atoms with Gasteiger partial charge in [0.1, 0.15) is 5.54 Å². The van der Waals surface area contributed by atoms with Gasteiger partial charge in [0.05, 0.1) is 11.8 Å². The normalized spacial score (nSPS) is 15.5. The van der Waals surface area contributed by atoms with Gasteiger partial charge in [0.25, 0.3) is 0 Å². The number of rotatable bonds is 8. The molecule has 1 saturated carbocycles. The van der Waals surface area contributed by atoms with Gasteiger partial charge in [0, 0.05) is 5.75 Å². The monoisotopic (exact) mass is 432 g/mol. The molecule has 1 fully saturated rings. The van der Waals surface area contributed by atoms with Crippen molar-refractivity contribution in [2.75, 3.05) is 5.75 Å². The number of benzene rings is 1. The van der Waals surface area contributed by atoms with Gasteiger partial charge in [0.2, 0.25) is 5.91 Å². The lowest BCUT2D eigenvalue weighted by Gasteiger charge is -2.21. The minimum Gasteiger partial charge on any atom is -0.337 e. The second-order valence-corrected chi connectivity index (χ2v) is 10.7. The topological polar surface area (TPSA) is 78.7 Å². The maximum atomic E-state index is 12.2. The van der Waals surface area contributed by atoms with E-state index in [1.165, 1.54) is 34.2 Å². The molecule has 1 amide bonds. The highest BCUT2D eigenvalue weighted by Crippen LogP contribution is 2.32. The van der Waals surface area contributed by atoms with Gasteiger partial charge in [-0.25, -0.2) is 0 Å². The first-order valence-electron chi connectivity index (χ1n) is 9.40. The average molecular weight is 433 g/mol. The molecule has 0 atom stereocenters. The lowest BCUT2D eigenvalue weighted by atomic mass is 10.0. The molecule has 2 aromatic rings. The number of hydrogen-bond donors (Lipinski definition) is 1. The van der Waals surface area contributed by atoms with E-state index in [2.05, 4.69) is 59.7 Å². The number of nitriles is 1. The van der Waals surface area contributed by atoms with Crippen LogP contribution in [0.4, 0.5) is 0 Å². The molecule has 0 radical (unpaired) electrons. The molecule has 3 rings (SSSR count). The van der Waals surface area contributed by atoms with E-state index in [1.54, 1.807) is 11.8 Å². The first-order valence-corrected chi connectivity index (χ1v) is 12.2.